The maximum Gasteiger partial charge on any atom is 0.410 e. The molecule has 0 saturated carbocycles. The zero-order valence-electron chi connectivity index (χ0n) is 13.7. The van der Waals surface area contributed by atoms with Gasteiger partial charge in [-0.1, -0.05) is 0 Å². The maximum absolute atomic E-state index is 12.2. The first kappa shape index (κ1) is 17.3. The highest BCUT2D eigenvalue weighted by Crippen LogP contribution is 2.21. The van der Waals surface area contributed by atoms with Crippen molar-refractivity contribution in [3.05, 3.63) is 17.0 Å². The molecule has 1 aliphatic rings. The van der Waals surface area contributed by atoms with Gasteiger partial charge in [0.2, 0.25) is 5.28 Å². The minimum absolute atomic E-state index is 0.0428. The second kappa shape index (κ2) is 6.59. The summed E-state index contributed by atoms with van der Waals surface area (Å²) in [5, 5.41) is 9.02. The van der Waals surface area contributed by atoms with Gasteiger partial charge in [0.05, 0.1) is 0 Å². The van der Waals surface area contributed by atoms with Gasteiger partial charge in [0, 0.05) is 31.7 Å². The van der Waals surface area contributed by atoms with Gasteiger partial charge in [0.1, 0.15) is 23.2 Å². The van der Waals surface area contributed by atoms with Gasteiger partial charge in [-0.15, -0.1) is 0 Å². The second-order valence-electron chi connectivity index (χ2n) is 6.46. The number of nitrogens with zero attached hydrogens (tertiary/aromatic N) is 5. The lowest BCUT2D eigenvalue weighted by molar-refractivity contribution is 0.0158. The number of anilines is 1. The highest BCUT2D eigenvalue weighted by atomic mass is 35.5. The van der Waals surface area contributed by atoms with E-state index in [4.69, 9.17) is 21.6 Å². The summed E-state index contributed by atoms with van der Waals surface area (Å²) in [6, 6.07) is 3.52. The molecule has 1 fully saturated rings. The molecule has 2 heterocycles. The molecular weight excluding hydrogens is 318 g/mol. The Morgan fingerprint density at radius 1 is 1.43 bits per heavy atom. The topological polar surface area (TPSA) is 82.4 Å². The van der Waals surface area contributed by atoms with E-state index in [9.17, 15) is 4.79 Å². The molecule has 1 aromatic heterocycles. The van der Waals surface area contributed by atoms with Crippen LogP contribution < -0.4 is 4.90 Å². The van der Waals surface area contributed by atoms with E-state index in [0.717, 1.165) is 0 Å². The van der Waals surface area contributed by atoms with E-state index in [2.05, 4.69) is 9.97 Å². The Bertz CT molecular complexity index is 638. The average molecular weight is 338 g/mol. The molecule has 0 aliphatic carbocycles. The predicted octanol–water partition coefficient (Wildman–Crippen LogP) is 2.45. The van der Waals surface area contributed by atoms with Crippen LogP contribution in [0.1, 0.15) is 33.4 Å². The molecule has 0 radical (unpaired) electrons. The van der Waals surface area contributed by atoms with Crippen LogP contribution in [0.3, 0.4) is 0 Å². The summed E-state index contributed by atoms with van der Waals surface area (Å²) in [6.07, 6.45) is -0.317. The van der Waals surface area contributed by atoms with Crippen LogP contribution in [0, 0.1) is 11.3 Å². The lowest BCUT2D eigenvalue weighted by Gasteiger charge is -2.40. The molecule has 0 aromatic carbocycles. The van der Waals surface area contributed by atoms with Crippen molar-refractivity contribution in [1.82, 2.24) is 14.9 Å². The van der Waals surface area contributed by atoms with Crippen LogP contribution in [0.2, 0.25) is 5.28 Å². The number of aromatic nitrogens is 2. The number of rotatable bonds is 1. The SMILES string of the molecule is CC1CN(c2cc(C#N)nc(Cl)n2)CCN1C(=O)OC(C)(C)C. The fourth-order valence-corrected chi connectivity index (χ4v) is 2.56. The number of piperazine rings is 1. The number of nitriles is 1. The fraction of sp³-hybridized carbons (Fsp3) is 0.600. The van der Waals surface area contributed by atoms with Crippen molar-refractivity contribution in [3.63, 3.8) is 0 Å². The number of amides is 1. The largest absolute Gasteiger partial charge is 0.444 e. The number of carbonyl (C=O) groups excluding carboxylic acids is 1. The summed E-state index contributed by atoms with van der Waals surface area (Å²) in [5.41, 5.74) is -0.294. The number of hydrogen-bond acceptors (Lipinski definition) is 6. The van der Waals surface area contributed by atoms with E-state index in [1.165, 1.54) is 0 Å². The summed E-state index contributed by atoms with van der Waals surface area (Å²) in [6.45, 7) is 9.16. The summed E-state index contributed by atoms with van der Waals surface area (Å²) in [4.78, 5) is 23.9. The van der Waals surface area contributed by atoms with Gasteiger partial charge in [-0.3, -0.25) is 0 Å². The minimum Gasteiger partial charge on any atom is -0.444 e. The molecular formula is C15H20ClN5O2. The van der Waals surface area contributed by atoms with E-state index in [1.807, 2.05) is 38.7 Å². The van der Waals surface area contributed by atoms with Crippen molar-refractivity contribution in [2.24, 2.45) is 0 Å². The Morgan fingerprint density at radius 2 is 2.13 bits per heavy atom. The van der Waals surface area contributed by atoms with Gasteiger partial charge >= 0.3 is 6.09 Å². The molecule has 1 aromatic rings. The molecule has 1 amide bonds. The van der Waals surface area contributed by atoms with Gasteiger partial charge in [-0.2, -0.15) is 5.26 Å². The monoisotopic (exact) mass is 337 g/mol. The summed E-state index contributed by atoms with van der Waals surface area (Å²) in [7, 11) is 0. The lowest BCUT2D eigenvalue weighted by Crippen LogP contribution is -2.55. The Labute approximate surface area is 140 Å². The third-order valence-corrected chi connectivity index (χ3v) is 3.55. The second-order valence-corrected chi connectivity index (χ2v) is 6.80. The zero-order valence-corrected chi connectivity index (χ0v) is 14.5. The number of ether oxygens (including phenoxy) is 1. The molecule has 1 saturated heterocycles. The van der Waals surface area contributed by atoms with Crippen LogP contribution in [0.4, 0.5) is 10.6 Å². The first-order valence-electron chi connectivity index (χ1n) is 7.39. The van der Waals surface area contributed by atoms with Crippen LogP contribution in [0.25, 0.3) is 0 Å². The van der Waals surface area contributed by atoms with Crippen molar-refractivity contribution < 1.29 is 9.53 Å². The zero-order chi connectivity index (χ0) is 17.2. The summed E-state index contributed by atoms with van der Waals surface area (Å²) in [5.74, 6) is 0.595. The highest BCUT2D eigenvalue weighted by molar-refractivity contribution is 6.28. The molecule has 7 nitrogen and oxygen atoms in total. The maximum atomic E-state index is 12.2. The van der Waals surface area contributed by atoms with Gasteiger partial charge in [0.15, 0.2) is 0 Å². The van der Waals surface area contributed by atoms with Gasteiger partial charge in [-0.05, 0) is 39.3 Å². The van der Waals surface area contributed by atoms with Crippen molar-refractivity contribution in [3.8, 4) is 6.07 Å². The molecule has 124 valence electrons. The first-order valence-corrected chi connectivity index (χ1v) is 7.76. The summed E-state index contributed by atoms with van der Waals surface area (Å²) < 4.78 is 5.42. The quantitative estimate of drug-likeness (QED) is 0.732. The smallest absolute Gasteiger partial charge is 0.410 e. The first-order chi connectivity index (χ1) is 10.7. The van der Waals surface area contributed by atoms with Crippen LogP contribution in [0.5, 0.6) is 0 Å². The van der Waals surface area contributed by atoms with E-state index < -0.39 is 5.60 Å². The van der Waals surface area contributed by atoms with Crippen LogP contribution in [-0.4, -0.2) is 52.2 Å². The van der Waals surface area contributed by atoms with E-state index in [1.54, 1.807) is 11.0 Å². The third-order valence-electron chi connectivity index (χ3n) is 3.38. The van der Waals surface area contributed by atoms with Crippen molar-refractivity contribution in [2.45, 2.75) is 39.3 Å². The molecule has 1 aliphatic heterocycles. The van der Waals surface area contributed by atoms with Gasteiger partial charge < -0.3 is 14.5 Å². The lowest BCUT2D eigenvalue weighted by atomic mass is 10.2. The Kier molecular flexibility index (Phi) is 4.95. The molecule has 0 bridgehead atoms. The Morgan fingerprint density at radius 3 is 2.70 bits per heavy atom. The standard InChI is InChI=1S/C15H20ClN5O2/c1-10-9-20(12-7-11(8-17)18-13(16)19-12)5-6-21(10)14(22)23-15(2,3)4/h7,10H,5-6,9H2,1-4H3. The third kappa shape index (κ3) is 4.45. The molecule has 2 rings (SSSR count). The highest BCUT2D eigenvalue weighted by Gasteiger charge is 2.31. The summed E-state index contributed by atoms with van der Waals surface area (Å²) >= 11 is 5.85. The van der Waals surface area contributed by atoms with E-state index in [-0.39, 0.29) is 23.1 Å². The Hall–Kier alpha value is -2.07. The average Bonchev–Trinajstić information content (AvgIpc) is 2.44. The number of halogens is 1. The van der Waals surface area contributed by atoms with Crippen LogP contribution >= 0.6 is 11.6 Å². The van der Waals surface area contributed by atoms with Crippen LogP contribution in [0.15, 0.2) is 6.07 Å². The molecule has 1 atom stereocenters. The van der Waals surface area contributed by atoms with Crippen molar-refractivity contribution >= 4 is 23.5 Å². The number of hydrogen-bond donors (Lipinski definition) is 0. The van der Waals surface area contributed by atoms with Crippen molar-refractivity contribution in [2.75, 3.05) is 24.5 Å². The predicted molar refractivity (Wildman–Crippen MR) is 86.4 cm³/mol. The molecule has 23 heavy (non-hydrogen) atoms. The van der Waals surface area contributed by atoms with Crippen LogP contribution in [-0.2, 0) is 4.74 Å². The number of carbonyl (C=O) groups is 1. The molecule has 0 spiro atoms. The van der Waals surface area contributed by atoms with E-state index >= 15 is 0 Å². The van der Waals surface area contributed by atoms with Gasteiger partial charge in [0.25, 0.3) is 0 Å². The minimum atomic E-state index is -0.518. The fourth-order valence-electron chi connectivity index (χ4n) is 2.38. The molecule has 8 heteroatoms. The van der Waals surface area contributed by atoms with Crippen molar-refractivity contribution in [1.29, 1.82) is 5.26 Å². The van der Waals surface area contributed by atoms with Gasteiger partial charge in [-0.25, -0.2) is 14.8 Å². The van der Waals surface area contributed by atoms with E-state index in [0.29, 0.717) is 25.5 Å². The molecule has 0 N–H and O–H groups in total. The Balaban J connectivity index is 2.08. The normalized spacial score (nSPS) is 18.5. The molecule has 1 unspecified atom stereocenters.